The second-order valence-corrected chi connectivity index (χ2v) is 7.96. The molecule has 1 aromatic rings. The first-order valence-corrected chi connectivity index (χ1v) is 8.39. The second-order valence-electron chi connectivity index (χ2n) is 7.96. The fourth-order valence-corrected chi connectivity index (χ4v) is 3.45. The number of ketones is 1. The average Bonchev–Trinajstić information content (AvgIpc) is 3.12. The third-order valence-electron chi connectivity index (χ3n) is 4.96. The highest BCUT2D eigenvalue weighted by Crippen LogP contribution is 2.38. The van der Waals surface area contributed by atoms with Gasteiger partial charge in [-0.2, -0.15) is 0 Å². The molecule has 0 spiro atoms. The van der Waals surface area contributed by atoms with Crippen LogP contribution in [0.4, 0.5) is 5.69 Å². The third kappa shape index (κ3) is 3.02. The van der Waals surface area contributed by atoms with Gasteiger partial charge in [0.05, 0.1) is 11.4 Å². The van der Waals surface area contributed by atoms with Crippen molar-refractivity contribution >= 4 is 11.5 Å². The molecule has 0 radical (unpaired) electrons. The van der Waals surface area contributed by atoms with Crippen LogP contribution in [0.5, 0.6) is 0 Å². The molecule has 3 rings (SSSR count). The maximum atomic E-state index is 13.2. The van der Waals surface area contributed by atoms with Gasteiger partial charge in [-0.05, 0) is 43.4 Å². The highest BCUT2D eigenvalue weighted by atomic mass is 16.1. The molecule has 120 valence electrons. The predicted octanol–water partition coefficient (Wildman–Crippen LogP) is 3.04. The van der Waals surface area contributed by atoms with E-state index in [-0.39, 0.29) is 16.6 Å². The summed E-state index contributed by atoms with van der Waals surface area (Å²) in [6.45, 7) is 9.38. The minimum absolute atomic E-state index is 0.233. The van der Waals surface area contributed by atoms with E-state index in [9.17, 15) is 4.79 Å². The van der Waals surface area contributed by atoms with Crippen molar-refractivity contribution in [2.75, 3.05) is 25.0 Å². The Bertz CT molecular complexity index is 568. The molecule has 2 N–H and O–H groups in total. The Kier molecular flexibility index (Phi) is 3.98. The van der Waals surface area contributed by atoms with E-state index in [1.54, 1.807) is 0 Å². The van der Waals surface area contributed by atoms with E-state index < -0.39 is 0 Å². The van der Waals surface area contributed by atoms with E-state index in [0.29, 0.717) is 5.69 Å². The van der Waals surface area contributed by atoms with E-state index in [1.807, 2.05) is 12.1 Å². The standard InChI is InChI=1S/C18H27N3O/c1-17(2,3)7-8-18(9-11-19-12-18)16(22)15-5-4-13-14(21-15)6-10-20-13/h4-5,19-20H,6-12H2,1-3H3. The van der Waals surface area contributed by atoms with Crippen LogP contribution in [0.3, 0.4) is 0 Å². The number of anilines is 1. The Labute approximate surface area is 133 Å². The van der Waals surface area contributed by atoms with Gasteiger partial charge in [-0.25, -0.2) is 4.98 Å². The monoisotopic (exact) mass is 301 g/mol. The lowest BCUT2D eigenvalue weighted by Gasteiger charge is -2.30. The van der Waals surface area contributed by atoms with Crippen molar-refractivity contribution in [3.8, 4) is 0 Å². The normalized spacial score (nSPS) is 24.1. The summed E-state index contributed by atoms with van der Waals surface area (Å²) in [5.74, 6) is 0.233. The molecular formula is C18H27N3O. The van der Waals surface area contributed by atoms with Crippen molar-refractivity contribution in [3.63, 3.8) is 0 Å². The van der Waals surface area contributed by atoms with Crippen molar-refractivity contribution in [1.29, 1.82) is 0 Å². The number of carbonyl (C=O) groups excluding carboxylic acids is 1. The number of carbonyl (C=O) groups is 1. The molecule has 0 aromatic carbocycles. The van der Waals surface area contributed by atoms with Gasteiger partial charge in [0, 0.05) is 24.9 Å². The van der Waals surface area contributed by atoms with Gasteiger partial charge in [-0.15, -0.1) is 0 Å². The van der Waals surface area contributed by atoms with Gasteiger partial charge in [0.2, 0.25) is 0 Å². The number of pyridine rings is 1. The number of aromatic nitrogens is 1. The third-order valence-corrected chi connectivity index (χ3v) is 4.96. The number of nitrogens with zero attached hydrogens (tertiary/aromatic N) is 1. The van der Waals surface area contributed by atoms with Crippen LogP contribution in [0.25, 0.3) is 0 Å². The zero-order valence-corrected chi connectivity index (χ0v) is 14.0. The summed E-state index contributed by atoms with van der Waals surface area (Å²) in [5.41, 5.74) is 2.78. The lowest BCUT2D eigenvalue weighted by atomic mass is 9.73. The van der Waals surface area contributed by atoms with Crippen LogP contribution in [-0.4, -0.2) is 30.4 Å². The molecule has 22 heavy (non-hydrogen) atoms. The number of fused-ring (bicyclic) bond motifs is 1. The van der Waals surface area contributed by atoms with Crippen LogP contribution < -0.4 is 10.6 Å². The fraction of sp³-hybridized carbons (Fsp3) is 0.667. The Hall–Kier alpha value is -1.42. The summed E-state index contributed by atoms with van der Waals surface area (Å²) in [4.78, 5) is 17.8. The molecule has 0 saturated carbocycles. The van der Waals surface area contributed by atoms with Crippen LogP contribution in [-0.2, 0) is 6.42 Å². The molecule has 2 aliphatic rings. The first kappa shape index (κ1) is 15.5. The van der Waals surface area contributed by atoms with Crippen LogP contribution in [0, 0.1) is 10.8 Å². The average molecular weight is 301 g/mol. The largest absolute Gasteiger partial charge is 0.383 e. The van der Waals surface area contributed by atoms with Crippen molar-refractivity contribution < 1.29 is 4.79 Å². The van der Waals surface area contributed by atoms with Crippen molar-refractivity contribution in [1.82, 2.24) is 10.3 Å². The van der Waals surface area contributed by atoms with E-state index in [1.165, 1.54) is 0 Å². The lowest BCUT2D eigenvalue weighted by Crippen LogP contribution is -2.35. The summed E-state index contributed by atoms with van der Waals surface area (Å²) in [6, 6.07) is 3.92. The summed E-state index contributed by atoms with van der Waals surface area (Å²) in [5, 5.41) is 6.70. The zero-order chi connectivity index (χ0) is 15.8. The minimum atomic E-state index is -0.263. The topological polar surface area (TPSA) is 54.0 Å². The molecule has 1 fully saturated rings. The summed E-state index contributed by atoms with van der Waals surface area (Å²) in [7, 11) is 0. The Balaban J connectivity index is 1.83. The number of nitrogens with one attached hydrogen (secondary N) is 2. The second kappa shape index (κ2) is 5.65. The van der Waals surface area contributed by atoms with Gasteiger partial charge in [-0.3, -0.25) is 4.79 Å². The van der Waals surface area contributed by atoms with Crippen LogP contribution >= 0.6 is 0 Å². The van der Waals surface area contributed by atoms with E-state index in [4.69, 9.17) is 0 Å². The summed E-state index contributed by atoms with van der Waals surface area (Å²) < 4.78 is 0. The van der Waals surface area contributed by atoms with Gasteiger partial charge in [0.15, 0.2) is 5.78 Å². The quantitative estimate of drug-likeness (QED) is 0.839. The van der Waals surface area contributed by atoms with Gasteiger partial charge in [0.1, 0.15) is 5.69 Å². The molecule has 0 aliphatic carbocycles. The molecule has 0 amide bonds. The minimum Gasteiger partial charge on any atom is -0.383 e. The molecule has 1 saturated heterocycles. The summed E-state index contributed by atoms with van der Waals surface area (Å²) >= 11 is 0. The molecule has 4 heteroatoms. The summed E-state index contributed by atoms with van der Waals surface area (Å²) in [6.07, 6.45) is 3.86. The highest BCUT2D eigenvalue weighted by Gasteiger charge is 2.42. The molecule has 0 bridgehead atoms. The van der Waals surface area contributed by atoms with Crippen molar-refractivity contribution in [2.24, 2.45) is 10.8 Å². The van der Waals surface area contributed by atoms with E-state index >= 15 is 0 Å². The smallest absolute Gasteiger partial charge is 0.188 e. The van der Waals surface area contributed by atoms with Crippen LogP contribution in [0.15, 0.2) is 12.1 Å². The van der Waals surface area contributed by atoms with Gasteiger partial charge in [-0.1, -0.05) is 20.8 Å². The molecule has 2 aliphatic heterocycles. The van der Waals surface area contributed by atoms with E-state index in [2.05, 4.69) is 36.4 Å². The highest BCUT2D eigenvalue weighted by molar-refractivity contribution is 5.99. The van der Waals surface area contributed by atoms with Crippen molar-refractivity contribution in [2.45, 2.75) is 46.5 Å². The first-order chi connectivity index (χ1) is 10.4. The zero-order valence-electron chi connectivity index (χ0n) is 14.0. The first-order valence-electron chi connectivity index (χ1n) is 8.39. The predicted molar refractivity (Wildman–Crippen MR) is 89.4 cm³/mol. The lowest BCUT2D eigenvalue weighted by molar-refractivity contribution is 0.0777. The number of Topliss-reactive ketones (excluding diaryl/α,β-unsaturated/α-hetero) is 1. The van der Waals surface area contributed by atoms with Gasteiger partial charge >= 0.3 is 0 Å². The molecule has 4 nitrogen and oxygen atoms in total. The van der Waals surface area contributed by atoms with Gasteiger partial charge in [0.25, 0.3) is 0 Å². The molecule has 1 unspecified atom stereocenters. The molecule has 1 aromatic heterocycles. The molecule has 3 heterocycles. The van der Waals surface area contributed by atoms with E-state index in [0.717, 1.165) is 56.7 Å². The SMILES string of the molecule is CC(C)(C)CCC1(C(=O)c2ccc3c(n2)CCN3)CCNC1. The fourth-order valence-electron chi connectivity index (χ4n) is 3.45. The Morgan fingerprint density at radius 2 is 2.14 bits per heavy atom. The molecule has 1 atom stereocenters. The van der Waals surface area contributed by atoms with Crippen LogP contribution in [0.2, 0.25) is 0 Å². The van der Waals surface area contributed by atoms with Crippen LogP contribution in [0.1, 0.15) is 56.2 Å². The molecular weight excluding hydrogens is 274 g/mol. The maximum Gasteiger partial charge on any atom is 0.188 e. The number of rotatable bonds is 4. The number of hydrogen-bond acceptors (Lipinski definition) is 4. The number of hydrogen-bond donors (Lipinski definition) is 2. The maximum absolute atomic E-state index is 13.2. The Morgan fingerprint density at radius 1 is 1.32 bits per heavy atom. The Morgan fingerprint density at radius 3 is 2.82 bits per heavy atom. The van der Waals surface area contributed by atoms with Crippen molar-refractivity contribution in [3.05, 3.63) is 23.5 Å². The van der Waals surface area contributed by atoms with Gasteiger partial charge < -0.3 is 10.6 Å².